The van der Waals surface area contributed by atoms with Gasteiger partial charge < -0.3 is 0 Å². The number of phenols is 1. The van der Waals surface area contributed by atoms with E-state index in [-0.39, 0.29) is 18.2 Å². The number of rotatable bonds is 11. The summed E-state index contributed by atoms with van der Waals surface area (Å²) >= 11 is 0.709. The summed E-state index contributed by atoms with van der Waals surface area (Å²) in [6, 6.07) is 7.95. The Kier molecular flexibility index (Phi) is 10.2. The number of thiophene rings is 1. The summed E-state index contributed by atoms with van der Waals surface area (Å²) in [6.45, 7) is 5.28. The Balaban J connectivity index is 1.59. The van der Waals surface area contributed by atoms with E-state index in [1.54, 1.807) is 32.0 Å². The van der Waals surface area contributed by atoms with Gasteiger partial charge in [-0.15, -0.1) is 0 Å². The number of benzene rings is 1. The van der Waals surface area contributed by atoms with E-state index in [9.17, 15) is 19.5 Å². The van der Waals surface area contributed by atoms with Crippen LogP contribution in [0.5, 0.6) is 5.75 Å². The fourth-order valence-electron chi connectivity index (χ4n) is 3.73. The maximum absolute atomic E-state index is 13.1. The number of aromatic nitrogens is 2. The minimum absolute atomic E-state index is 0.114. The molecule has 0 fully saturated rings. The summed E-state index contributed by atoms with van der Waals surface area (Å²) < 4.78 is 5.59. The van der Waals surface area contributed by atoms with Crippen molar-refractivity contribution >= 4 is 49.5 Å². The van der Waals surface area contributed by atoms with Crippen LogP contribution in [-0.4, -0.2) is 68.3 Å². The summed E-state index contributed by atoms with van der Waals surface area (Å²) in [5, 5.41) is 17.8. The van der Waals surface area contributed by atoms with Crippen LogP contribution in [0.1, 0.15) is 49.0 Å². The van der Waals surface area contributed by atoms with Gasteiger partial charge in [-0.1, -0.05) is 0 Å². The Morgan fingerprint density at radius 3 is 2.46 bits per heavy atom. The summed E-state index contributed by atoms with van der Waals surface area (Å²) in [6.07, 6.45) is 1.83. The van der Waals surface area contributed by atoms with Crippen molar-refractivity contribution < 1.29 is 24.2 Å². The molecule has 0 aliphatic heterocycles. The number of carbonyl (C=O) groups is 3. The second-order valence-electron chi connectivity index (χ2n) is 8.54. The van der Waals surface area contributed by atoms with Gasteiger partial charge in [0.1, 0.15) is 0 Å². The Morgan fingerprint density at radius 1 is 1.11 bits per heavy atom. The van der Waals surface area contributed by atoms with E-state index in [2.05, 4.69) is 20.6 Å². The predicted octanol–water partition coefficient (Wildman–Crippen LogP) is 1.98. The SMILES string of the molecule is COC(=O)[C@H](CNC(=O)c1cc(C)cs1)NC(=O)c1c(C)nc([AsH]CCCc2cccc(O)c2)nc1C. The molecule has 0 aliphatic rings. The van der Waals surface area contributed by atoms with Crippen molar-refractivity contribution in [2.75, 3.05) is 13.7 Å². The average molecular weight is 587 g/mol. The quantitative estimate of drug-likeness (QED) is 0.178. The number of aryl methyl sites for hydroxylation is 4. The molecule has 1 aromatic carbocycles. The van der Waals surface area contributed by atoms with Crippen LogP contribution in [0.2, 0.25) is 5.21 Å². The molecule has 11 heteroatoms. The number of aromatic hydroxyl groups is 1. The van der Waals surface area contributed by atoms with Crippen molar-refractivity contribution in [2.45, 2.75) is 44.9 Å². The molecule has 9 nitrogen and oxygen atoms in total. The first-order chi connectivity index (χ1) is 17.7. The molecular weight excluding hydrogens is 555 g/mol. The van der Waals surface area contributed by atoms with Crippen LogP contribution < -0.4 is 15.2 Å². The normalized spacial score (nSPS) is 11.9. The third-order valence-electron chi connectivity index (χ3n) is 5.55. The van der Waals surface area contributed by atoms with Crippen molar-refractivity contribution in [3.63, 3.8) is 0 Å². The number of hydrogen-bond donors (Lipinski definition) is 3. The molecule has 2 amide bonds. The molecule has 2 aromatic heterocycles. The summed E-state index contributed by atoms with van der Waals surface area (Å²) in [4.78, 5) is 47.4. The molecule has 3 aromatic rings. The van der Waals surface area contributed by atoms with Gasteiger partial charge >= 0.3 is 209 Å². The zero-order valence-electron chi connectivity index (χ0n) is 21.3. The Hall–Kier alpha value is -3.23. The topological polar surface area (TPSA) is 131 Å². The molecule has 3 rings (SSSR count). The number of nitrogens with zero attached hydrogens (tertiary/aromatic N) is 2. The van der Waals surface area contributed by atoms with Gasteiger partial charge in [0.25, 0.3) is 0 Å². The van der Waals surface area contributed by atoms with E-state index in [0.29, 0.717) is 21.8 Å². The van der Waals surface area contributed by atoms with Crippen LogP contribution in [0.25, 0.3) is 0 Å². The molecule has 37 heavy (non-hydrogen) atoms. The minimum atomic E-state index is -1.06. The van der Waals surface area contributed by atoms with E-state index < -0.39 is 33.7 Å². The fraction of sp³-hybridized carbons (Fsp3) is 0.346. The van der Waals surface area contributed by atoms with Gasteiger partial charge in [-0.2, -0.15) is 0 Å². The van der Waals surface area contributed by atoms with Crippen molar-refractivity contribution in [1.82, 2.24) is 20.6 Å². The van der Waals surface area contributed by atoms with Crippen LogP contribution in [0.3, 0.4) is 0 Å². The Bertz CT molecular complexity index is 1260. The average Bonchev–Trinajstić information content (AvgIpc) is 3.29. The van der Waals surface area contributed by atoms with Crippen molar-refractivity contribution in [2.24, 2.45) is 0 Å². The van der Waals surface area contributed by atoms with Crippen LogP contribution in [0, 0.1) is 20.8 Å². The molecule has 0 spiro atoms. The predicted molar refractivity (Wildman–Crippen MR) is 144 cm³/mol. The number of nitrogens with one attached hydrogen (secondary N) is 2. The first-order valence-electron chi connectivity index (χ1n) is 11.8. The molecule has 1 unspecified atom stereocenters. The number of amides is 2. The molecule has 2 atom stereocenters. The zero-order valence-corrected chi connectivity index (χ0v) is 24.2. The van der Waals surface area contributed by atoms with E-state index in [4.69, 9.17) is 4.74 Å². The standard InChI is InChI=1S/C26H31AsN4O5S/c1-15-11-21(37-14-15)23(33)28-13-20(25(35)36-4)31-24(34)22-16(2)29-26(30-17(22)3)27-10-6-8-18-7-5-9-19(32)12-18/h5,7,9,11-12,14,20,27,32H,6,8,10,13H2,1-4H3,(H,28,33)(H,31,34)/t20-/m0/s1. The maximum atomic E-state index is 13.1. The number of carbonyl (C=O) groups excluding carboxylic acids is 3. The number of methoxy groups -OCH3 is 1. The molecule has 2 heterocycles. The number of ether oxygens (including phenoxy) is 1. The number of esters is 1. The van der Waals surface area contributed by atoms with Crippen LogP contribution in [-0.2, 0) is 16.0 Å². The molecule has 196 valence electrons. The molecule has 3 N–H and O–H groups in total. The van der Waals surface area contributed by atoms with Crippen molar-refractivity contribution in [3.8, 4) is 5.75 Å². The monoisotopic (exact) mass is 586 g/mol. The molecule has 0 bridgehead atoms. The van der Waals surface area contributed by atoms with Crippen LogP contribution >= 0.6 is 11.3 Å². The molecule has 0 aliphatic carbocycles. The second-order valence-corrected chi connectivity index (χ2v) is 12.2. The van der Waals surface area contributed by atoms with Crippen molar-refractivity contribution in [1.29, 1.82) is 0 Å². The van der Waals surface area contributed by atoms with Gasteiger partial charge in [-0.05, 0) is 17.9 Å². The van der Waals surface area contributed by atoms with Gasteiger partial charge in [-0.3, -0.25) is 0 Å². The van der Waals surface area contributed by atoms with E-state index in [0.717, 1.165) is 33.8 Å². The van der Waals surface area contributed by atoms with Crippen LogP contribution in [0.4, 0.5) is 0 Å². The van der Waals surface area contributed by atoms with E-state index in [1.165, 1.54) is 18.4 Å². The van der Waals surface area contributed by atoms with Crippen LogP contribution in [0.15, 0.2) is 35.7 Å². The zero-order chi connectivity index (χ0) is 26.9. The molecule has 0 saturated heterocycles. The van der Waals surface area contributed by atoms with Gasteiger partial charge in [0.2, 0.25) is 0 Å². The molecule has 0 saturated carbocycles. The fourth-order valence-corrected chi connectivity index (χ4v) is 6.79. The van der Waals surface area contributed by atoms with Gasteiger partial charge in [0.15, 0.2) is 0 Å². The van der Waals surface area contributed by atoms with E-state index >= 15 is 0 Å². The second kappa shape index (κ2) is 13.4. The molecular formula is C26H31AsN4O5S. The third-order valence-corrected chi connectivity index (χ3v) is 8.99. The Labute approximate surface area is 226 Å². The molecule has 0 radical (unpaired) electrons. The van der Waals surface area contributed by atoms with Gasteiger partial charge in [0, 0.05) is 0 Å². The summed E-state index contributed by atoms with van der Waals surface area (Å²) in [5.74, 6) is -1.22. The first kappa shape index (κ1) is 28.3. The third kappa shape index (κ3) is 8.13. The van der Waals surface area contributed by atoms with Gasteiger partial charge in [0.05, 0.1) is 0 Å². The Morgan fingerprint density at radius 2 is 1.84 bits per heavy atom. The number of phenolic OH excluding ortho intramolecular Hbond substituents is 1. The number of hydrogen-bond acceptors (Lipinski definition) is 8. The summed E-state index contributed by atoms with van der Waals surface area (Å²) in [5.41, 5.74) is 3.46. The summed E-state index contributed by atoms with van der Waals surface area (Å²) in [7, 11) is 1.23. The van der Waals surface area contributed by atoms with Crippen molar-refractivity contribution in [3.05, 3.63) is 68.7 Å². The first-order valence-corrected chi connectivity index (χ1v) is 15.2. The van der Waals surface area contributed by atoms with E-state index in [1.807, 2.05) is 24.4 Å². The van der Waals surface area contributed by atoms with Gasteiger partial charge in [-0.25, -0.2) is 0 Å².